The van der Waals surface area contributed by atoms with Gasteiger partial charge in [0.1, 0.15) is 11.7 Å². The van der Waals surface area contributed by atoms with E-state index in [0.717, 1.165) is 25.7 Å². The zero-order chi connectivity index (χ0) is 16.9. The van der Waals surface area contributed by atoms with Crippen molar-refractivity contribution in [1.82, 2.24) is 20.4 Å². The lowest BCUT2D eigenvalue weighted by molar-refractivity contribution is -0.125. The first kappa shape index (κ1) is 17.0. The lowest BCUT2D eigenvalue weighted by atomic mass is 10.2. The fourth-order valence-corrected chi connectivity index (χ4v) is 3.82. The molecule has 24 heavy (non-hydrogen) atoms. The molecule has 2 saturated carbocycles. The van der Waals surface area contributed by atoms with Gasteiger partial charge in [-0.1, -0.05) is 32.6 Å². The van der Waals surface area contributed by atoms with E-state index in [4.69, 9.17) is 0 Å². The average molecular weight is 332 g/mol. The van der Waals surface area contributed by atoms with Crippen LogP contribution in [0.5, 0.6) is 0 Å². The molecule has 2 aliphatic rings. The van der Waals surface area contributed by atoms with Gasteiger partial charge >= 0.3 is 0 Å². The van der Waals surface area contributed by atoms with E-state index in [1.807, 2.05) is 6.92 Å². The molecule has 132 valence electrons. The fourth-order valence-electron chi connectivity index (χ4n) is 3.82. The summed E-state index contributed by atoms with van der Waals surface area (Å²) in [5.74, 6) is -0.123. The number of rotatable bonds is 6. The Morgan fingerprint density at radius 2 is 1.71 bits per heavy atom. The summed E-state index contributed by atoms with van der Waals surface area (Å²) in [5.41, 5.74) is 0.397. The minimum Gasteiger partial charge on any atom is -0.352 e. The van der Waals surface area contributed by atoms with Crippen molar-refractivity contribution in [3.63, 3.8) is 0 Å². The molecule has 2 aliphatic carbocycles. The SMILES string of the molecule is CC[C@H](C(=O)NC1CCCC1)n1ccc(C(=O)NC2CCCC2)n1. The number of hydrogen-bond donors (Lipinski definition) is 2. The van der Waals surface area contributed by atoms with Crippen molar-refractivity contribution in [2.75, 3.05) is 0 Å². The Morgan fingerprint density at radius 1 is 1.12 bits per heavy atom. The fraction of sp³-hybridized carbons (Fsp3) is 0.722. The number of nitrogens with zero attached hydrogens (tertiary/aromatic N) is 2. The standard InChI is InChI=1S/C18H28N4O2/c1-2-16(18(24)20-14-9-5-6-10-14)22-12-11-15(21-22)17(23)19-13-7-3-4-8-13/h11-14,16H,2-10H2,1H3,(H,19,23)(H,20,24)/t16-/m1/s1. The van der Waals surface area contributed by atoms with Crippen LogP contribution in [-0.2, 0) is 4.79 Å². The van der Waals surface area contributed by atoms with Gasteiger partial charge in [0.05, 0.1) is 0 Å². The molecule has 0 spiro atoms. The van der Waals surface area contributed by atoms with Crippen molar-refractivity contribution < 1.29 is 9.59 Å². The Balaban J connectivity index is 1.61. The quantitative estimate of drug-likeness (QED) is 0.840. The predicted molar refractivity (Wildman–Crippen MR) is 91.7 cm³/mol. The zero-order valence-electron chi connectivity index (χ0n) is 14.5. The number of carbonyl (C=O) groups excluding carboxylic acids is 2. The second-order valence-corrected chi connectivity index (χ2v) is 7.05. The van der Waals surface area contributed by atoms with Crippen molar-refractivity contribution in [3.8, 4) is 0 Å². The van der Waals surface area contributed by atoms with Gasteiger partial charge in [0.15, 0.2) is 0 Å². The highest BCUT2D eigenvalue weighted by Crippen LogP contribution is 2.20. The number of hydrogen-bond acceptors (Lipinski definition) is 3. The van der Waals surface area contributed by atoms with Crippen LogP contribution >= 0.6 is 0 Å². The highest BCUT2D eigenvalue weighted by Gasteiger charge is 2.25. The van der Waals surface area contributed by atoms with E-state index in [1.54, 1.807) is 16.9 Å². The molecule has 1 aromatic heterocycles. The summed E-state index contributed by atoms with van der Waals surface area (Å²) in [6, 6.07) is 1.93. The van der Waals surface area contributed by atoms with E-state index in [1.165, 1.54) is 25.7 Å². The van der Waals surface area contributed by atoms with E-state index < -0.39 is 0 Å². The molecule has 0 bridgehead atoms. The first-order valence-corrected chi connectivity index (χ1v) is 9.33. The predicted octanol–water partition coefficient (Wildman–Crippen LogP) is 2.57. The van der Waals surface area contributed by atoms with Crippen LogP contribution in [-0.4, -0.2) is 33.7 Å². The van der Waals surface area contributed by atoms with E-state index in [0.29, 0.717) is 18.2 Å². The smallest absolute Gasteiger partial charge is 0.271 e. The third-order valence-electron chi connectivity index (χ3n) is 5.24. The molecule has 0 radical (unpaired) electrons. The number of carbonyl (C=O) groups is 2. The van der Waals surface area contributed by atoms with E-state index >= 15 is 0 Å². The molecule has 1 aromatic rings. The Kier molecular flexibility index (Phi) is 5.53. The van der Waals surface area contributed by atoms with Crippen LogP contribution in [0.2, 0.25) is 0 Å². The van der Waals surface area contributed by atoms with Crippen LogP contribution in [0, 0.1) is 0 Å². The van der Waals surface area contributed by atoms with Gasteiger partial charge in [-0.25, -0.2) is 0 Å². The Labute approximate surface area is 143 Å². The second kappa shape index (κ2) is 7.81. The van der Waals surface area contributed by atoms with Crippen molar-refractivity contribution in [3.05, 3.63) is 18.0 Å². The Hall–Kier alpha value is -1.85. The zero-order valence-corrected chi connectivity index (χ0v) is 14.5. The summed E-state index contributed by atoms with van der Waals surface area (Å²) in [5, 5.41) is 10.5. The van der Waals surface area contributed by atoms with Gasteiger partial charge in [-0.05, 0) is 38.2 Å². The maximum absolute atomic E-state index is 12.5. The maximum atomic E-state index is 12.5. The number of nitrogens with one attached hydrogen (secondary N) is 2. The lowest BCUT2D eigenvalue weighted by Crippen LogP contribution is -2.38. The Bertz CT molecular complexity index is 571. The molecule has 2 N–H and O–H groups in total. The molecule has 2 amide bonds. The molecular formula is C18H28N4O2. The molecular weight excluding hydrogens is 304 g/mol. The van der Waals surface area contributed by atoms with Crippen LogP contribution in [0.4, 0.5) is 0 Å². The van der Waals surface area contributed by atoms with Crippen LogP contribution in [0.3, 0.4) is 0 Å². The average Bonchev–Trinajstić information content (AvgIpc) is 3.29. The Morgan fingerprint density at radius 3 is 2.29 bits per heavy atom. The van der Waals surface area contributed by atoms with Crippen molar-refractivity contribution in [1.29, 1.82) is 0 Å². The van der Waals surface area contributed by atoms with Crippen LogP contribution < -0.4 is 10.6 Å². The number of amides is 2. The highest BCUT2D eigenvalue weighted by atomic mass is 16.2. The lowest BCUT2D eigenvalue weighted by Gasteiger charge is -2.19. The van der Waals surface area contributed by atoms with Crippen LogP contribution in [0.15, 0.2) is 12.3 Å². The van der Waals surface area contributed by atoms with Gasteiger partial charge < -0.3 is 10.6 Å². The molecule has 3 rings (SSSR count). The summed E-state index contributed by atoms with van der Waals surface area (Å²) in [4.78, 5) is 24.8. The van der Waals surface area contributed by atoms with Gasteiger partial charge in [0.2, 0.25) is 5.91 Å². The van der Waals surface area contributed by atoms with E-state index in [-0.39, 0.29) is 23.9 Å². The summed E-state index contributed by atoms with van der Waals surface area (Å²) in [7, 11) is 0. The highest BCUT2D eigenvalue weighted by molar-refractivity contribution is 5.92. The number of aromatic nitrogens is 2. The molecule has 0 unspecified atom stereocenters. The topological polar surface area (TPSA) is 76.0 Å². The van der Waals surface area contributed by atoms with E-state index in [2.05, 4.69) is 15.7 Å². The van der Waals surface area contributed by atoms with Gasteiger partial charge in [-0.3, -0.25) is 14.3 Å². The molecule has 0 aliphatic heterocycles. The molecule has 6 heteroatoms. The minimum absolute atomic E-state index is 0.00949. The van der Waals surface area contributed by atoms with Gasteiger partial charge in [-0.2, -0.15) is 5.10 Å². The second-order valence-electron chi connectivity index (χ2n) is 7.05. The summed E-state index contributed by atoms with van der Waals surface area (Å²) in [6.07, 6.45) is 11.4. The third-order valence-corrected chi connectivity index (χ3v) is 5.24. The first-order chi connectivity index (χ1) is 11.7. The summed E-state index contributed by atoms with van der Waals surface area (Å²) in [6.45, 7) is 1.97. The molecule has 6 nitrogen and oxygen atoms in total. The van der Waals surface area contributed by atoms with Crippen LogP contribution in [0.1, 0.15) is 81.2 Å². The van der Waals surface area contributed by atoms with Crippen molar-refractivity contribution in [2.24, 2.45) is 0 Å². The van der Waals surface area contributed by atoms with Gasteiger partial charge in [0, 0.05) is 18.3 Å². The first-order valence-electron chi connectivity index (χ1n) is 9.33. The van der Waals surface area contributed by atoms with Gasteiger partial charge in [0.25, 0.3) is 5.91 Å². The van der Waals surface area contributed by atoms with Crippen molar-refractivity contribution >= 4 is 11.8 Å². The minimum atomic E-state index is -0.348. The monoisotopic (exact) mass is 332 g/mol. The molecule has 2 fully saturated rings. The molecule has 1 heterocycles. The normalized spacial score (nSPS) is 20.2. The van der Waals surface area contributed by atoms with Crippen LogP contribution in [0.25, 0.3) is 0 Å². The van der Waals surface area contributed by atoms with E-state index in [9.17, 15) is 9.59 Å². The summed E-state index contributed by atoms with van der Waals surface area (Å²) < 4.78 is 1.63. The third kappa shape index (κ3) is 3.97. The molecule has 1 atom stereocenters. The largest absolute Gasteiger partial charge is 0.352 e. The molecule has 0 saturated heterocycles. The maximum Gasteiger partial charge on any atom is 0.271 e. The summed E-state index contributed by atoms with van der Waals surface area (Å²) >= 11 is 0. The van der Waals surface area contributed by atoms with Crippen molar-refractivity contribution in [2.45, 2.75) is 82.8 Å². The molecule has 0 aromatic carbocycles. The van der Waals surface area contributed by atoms with Gasteiger partial charge in [-0.15, -0.1) is 0 Å².